The molecule has 1 heterocycles. The topological polar surface area (TPSA) is 83.1 Å². The number of amides is 1. The van der Waals surface area contributed by atoms with Crippen molar-refractivity contribution in [3.05, 3.63) is 53.8 Å². The number of ether oxygens (including phenoxy) is 4. The minimum absolute atomic E-state index is 0.177. The van der Waals surface area contributed by atoms with Gasteiger partial charge in [0, 0.05) is 6.54 Å². The molecule has 0 aliphatic carbocycles. The molecule has 1 aliphatic heterocycles. The number of carbonyl (C=O) groups excluding carboxylic acids is 2. The number of halogens is 1. The van der Waals surface area contributed by atoms with Crippen LogP contribution < -0.4 is 19.5 Å². The lowest BCUT2D eigenvalue weighted by molar-refractivity contribution is -0.160. The van der Waals surface area contributed by atoms with E-state index < -0.39 is 29.9 Å². The van der Waals surface area contributed by atoms with Crippen LogP contribution in [0.1, 0.15) is 19.4 Å². The Bertz CT molecular complexity index is 854. The van der Waals surface area contributed by atoms with E-state index in [4.69, 9.17) is 18.9 Å². The maximum Gasteiger partial charge on any atom is 0.347 e. The summed E-state index contributed by atoms with van der Waals surface area (Å²) in [6, 6.07) is 10.6. The Hall–Kier alpha value is -3.29. The molecule has 2 aromatic rings. The van der Waals surface area contributed by atoms with Gasteiger partial charge in [-0.25, -0.2) is 9.18 Å². The molecule has 0 saturated carbocycles. The van der Waals surface area contributed by atoms with Gasteiger partial charge >= 0.3 is 5.97 Å². The molecule has 28 heavy (non-hydrogen) atoms. The van der Waals surface area contributed by atoms with Crippen LogP contribution in [-0.2, 0) is 20.9 Å². The highest BCUT2D eigenvalue weighted by atomic mass is 19.1. The molecule has 0 saturated heterocycles. The molecule has 0 spiro atoms. The van der Waals surface area contributed by atoms with E-state index in [2.05, 4.69) is 5.32 Å². The van der Waals surface area contributed by atoms with E-state index >= 15 is 0 Å². The summed E-state index contributed by atoms with van der Waals surface area (Å²) >= 11 is 0. The Morgan fingerprint density at radius 3 is 2.54 bits per heavy atom. The van der Waals surface area contributed by atoms with E-state index in [0.717, 1.165) is 5.56 Å². The van der Waals surface area contributed by atoms with E-state index in [1.807, 2.05) is 6.07 Å². The molecular weight excluding hydrogens is 369 g/mol. The maximum absolute atomic E-state index is 12.9. The predicted molar refractivity (Wildman–Crippen MR) is 96.5 cm³/mol. The first kappa shape index (κ1) is 19.5. The number of rotatable bonds is 7. The van der Waals surface area contributed by atoms with Gasteiger partial charge in [-0.05, 0) is 55.8 Å². The normalized spacial score (nSPS) is 14.1. The van der Waals surface area contributed by atoms with Crippen molar-refractivity contribution in [3.63, 3.8) is 0 Å². The summed E-state index contributed by atoms with van der Waals surface area (Å²) in [6.45, 7) is 3.38. The zero-order valence-corrected chi connectivity index (χ0v) is 15.4. The highest BCUT2D eigenvalue weighted by Gasteiger charge is 2.23. The molecule has 1 amide bonds. The summed E-state index contributed by atoms with van der Waals surface area (Å²) in [6.07, 6.45) is -1.95. The summed E-state index contributed by atoms with van der Waals surface area (Å²) in [5.41, 5.74) is 0.823. The number of hydrogen-bond acceptors (Lipinski definition) is 6. The second kappa shape index (κ2) is 8.60. The Morgan fingerprint density at radius 1 is 1.07 bits per heavy atom. The highest BCUT2D eigenvalue weighted by molar-refractivity contribution is 5.84. The second-order valence-corrected chi connectivity index (χ2v) is 6.20. The van der Waals surface area contributed by atoms with E-state index in [1.54, 1.807) is 12.1 Å². The summed E-state index contributed by atoms with van der Waals surface area (Å²) in [5.74, 6) is 0.0571. The van der Waals surface area contributed by atoms with Crippen molar-refractivity contribution in [3.8, 4) is 17.2 Å². The summed E-state index contributed by atoms with van der Waals surface area (Å²) in [7, 11) is 0. The maximum atomic E-state index is 12.9. The fraction of sp³-hybridized carbons (Fsp3) is 0.300. The van der Waals surface area contributed by atoms with Gasteiger partial charge in [0.05, 0.1) is 0 Å². The number of esters is 1. The molecule has 3 rings (SSSR count). The zero-order valence-electron chi connectivity index (χ0n) is 15.4. The Kier molecular flexibility index (Phi) is 5.98. The fourth-order valence-electron chi connectivity index (χ4n) is 2.47. The van der Waals surface area contributed by atoms with Gasteiger partial charge in [-0.2, -0.15) is 0 Å². The van der Waals surface area contributed by atoms with Crippen molar-refractivity contribution in [2.24, 2.45) is 0 Å². The molecule has 0 radical (unpaired) electrons. The van der Waals surface area contributed by atoms with Gasteiger partial charge in [0.15, 0.2) is 23.7 Å². The van der Waals surface area contributed by atoms with E-state index in [-0.39, 0.29) is 13.3 Å². The standard InChI is InChI=1S/C20H20FNO6/c1-12(28-20(24)13(2)27-16-6-4-15(21)5-7-16)19(23)22-10-14-3-8-17-18(9-14)26-11-25-17/h3-9,12-13H,10-11H2,1-2H3,(H,22,23)/t12-,13-/m1/s1. The van der Waals surface area contributed by atoms with Gasteiger partial charge in [-0.1, -0.05) is 6.07 Å². The van der Waals surface area contributed by atoms with Crippen molar-refractivity contribution >= 4 is 11.9 Å². The van der Waals surface area contributed by atoms with Gasteiger partial charge in [-0.15, -0.1) is 0 Å². The lowest BCUT2D eigenvalue weighted by atomic mass is 10.2. The number of fused-ring (bicyclic) bond motifs is 1. The Balaban J connectivity index is 1.46. The van der Waals surface area contributed by atoms with Gasteiger partial charge in [-0.3, -0.25) is 4.79 Å². The van der Waals surface area contributed by atoms with Gasteiger partial charge in [0.1, 0.15) is 11.6 Å². The van der Waals surface area contributed by atoms with Crippen molar-refractivity contribution in [1.82, 2.24) is 5.32 Å². The van der Waals surface area contributed by atoms with Crippen LogP contribution in [0.2, 0.25) is 0 Å². The molecule has 0 aromatic heterocycles. The van der Waals surface area contributed by atoms with Crippen molar-refractivity contribution < 1.29 is 32.9 Å². The lowest BCUT2D eigenvalue weighted by Gasteiger charge is -2.18. The molecule has 0 bridgehead atoms. The molecular formula is C20H20FNO6. The number of hydrogen-bond donors (Lipinski definition) is 1. The van der Waals surface area contributed by atoms with Crippen LogP contribution in [-0.4, -0.2) is 30.9 Å². The number of carbonyl (C=O) groups is 2. The van der Waals surface area contributed by atoms with Crippen LogP contribution in [0.5, 0.6) is 17.2 Å². The minimum atomic E-state index is -0.999. The summed E-state index contributed by atoms with van der Waals surface area (Å²) in [4.78, 5) is 24.3. The van der Waals surface area contributed by atoms with E-state index in [1.165, 1.54) is 38.1 Å². The summed E-state index contributed by atoms with van der Waals surface area (Å²) < 4.78 is 33.9. The van der Waals surface area contributed by atoms with Gasteiger partial charge < -0.3 is 24.3 Å². The smallest absolute Gasteiger partial charge is 0.347 e. The molecule has 2 atom stereocenters. The van der Waals surface area contributed by atoms with Crippen LogP contribution in [0.15, 0.2) is 42.5 Å². The van der Waals surface area contributed by atoms with Crippen LogP contribution in [0.25, 0.3) is 0 Å². The van der Waals surface area contributed by atoms with E-state index in [0.29, 0.717) is 17.2 Å². The van der Waals surface area contributed by atoms with Crippen LogP contribution in [0, 0.1) is 5.82 Å². The average Bonchev–Trinajstić information content (AvgIpc) is 3.15. The minimum Gasteiger partial charge on any atom is -0.479 e. The summed E-state index contributed by atoms with van der Waals surface area (Å²) in [5, 5.41) is 2.70. The first-order valence-electron chi connectivity index (χ1n) is 8.71. The Labute approximate surface area is 161 Å². The molecule has 0 fully saturated rings. The third-order valence-electron chi connectivity index (χ3n) is 4.02. The third kappa shape index (κ3) is 4.91. The number of nitrogens with one attached hydrogen (secondary N) is 1. The predicted octanol–water partition coefficient (Wildman–Crippen LogP) is 2.57. The molecule has 1 N–H and O–H groups in total. The molecule has 2 aromatic carbocycles. The first-order chi connectivity index (χ1) is 13.4. The van der Waals surface area contributed by atoms with Gasteiger partial charge in [0.25, 0.3) is 5.91 Å². The molecule has 148 valence electrons. The van der Waals surface area contributed by atoms with Crippen molar-refractivity contribution in [1.29, 1.82) is 0 Å². The van der Waals surface area contributed by atoms with Gasteiger partial charge in [0.2, 0.25) is 6.79 Å². The fourth-order valence-corrected chi connectivity index (χ4v) is 2.47. The molecule has 7 nitrogen and oxygen atoms in total. The third-order valence-corrected chi connectivity index (χ3v) is 4.02. The molecule has 1 aliphatic rings. The molecule has 0 unspecified atom stereocenters. The average molecular weight is 389 g/mol. The first-order valence-corrected chi connectivity index (χ1v) is 8.71. The second-order valence-electron chi connectivity index (χ2n) is 6.20. The largest absolute Gasteiger partial charge is 0.479 e. The highest BCUT2D eigenvalue weighted by Crippen LogP contribution is 2.32. The van der Waals surface area contributed by atoms with Crippen LogP contribution >= 0.6 is 0 Å². The van der Waals surface area contributed by atoms with Crippen LogP contribution in [0.4, 0.5) is 4.39 Å². The monoisotopic (exact) mass is 389 g/mol. The van der Waals surface area contributed by atoms with E-state index in [9.17, 15) is 14.0 Å². The van der Waals surface area contributed by atoms with Crippen molar-refractivity contribution in [2.45, 2.75) is 32.6 Å². The number of benzene rings is 2. The van der Waals surface area contributed by atoms with Crippen LogP contribution in [0.3, 0.4) is 0 Å². The quantitative estimate of drug-likeness (QED) is 0.733. The van der Waals surface area contributed by atoms with Crippen molar-refractivity contribution in [2.75, 3.05) is 6.79 Å². The molecule has 8 heteroatoms. The zero-order chi connectivity index (χ0) is 20.1. The SMILES string of the molecule is C[C@@H](OC(=O)[C@@H](C)Oc1ccc(F)cc1)C(=O)NCc1ccc2c(c1)OCO2. The lowest BCUT2D eigenvalue weighted by Crippen LogP contribution is -2.38. The Morgan fingerprint density at radius 2 is 1.79 bits per heavy atom.